The Morgan fingerprint density at radius 3 is 2.33 bits per heavy atom. The second-order valence-corrected chi connectivity index (χ2v) is 4.70. The summed E-state index contributed by atoms with van der Waals surface area (Å²) in [4.78, 5) is 0. The lowest BCUT2D eigenvalue weighted by atomic mass is 9.80. The van der Waals surface area contributed by atoms with Gasteiger partial charge in [-0.1, -0.05) is 43.2 Å². The lowest BCUT2D eigenvalue weighted by Gasteiger charge is -2.30. The highest BCUT2D eigenvalue weighted by Gasteiger charge is 2.29. The normalized spacial score (nSPS) is 11.7. The minimum atomic E-state index is -0.0517. The Labute approximate surface area is 103 Å². The molecule has 0 bridgehead atoms. The molecule has 0 aliphatic heterocycles. The van der Waals surface area contributed by atoms with Crippen molar-refractivity contribution in [1.29, 1.82) is 0 Å². The fraction of sp³-hybridized carbons (Fsp3) is 0.538. The van der Waals surface area contributed by atoms with Crippen LogP contribution < -0.4 is 0 Å². The van der Waals surface area contributed by atoms with Crippen molar-refractivity contribution in [2.24, 2.45) is 0 Å². The predicted octanol–water partition coefficient (Wildman–Crippen LogP) is 4.51. The molecular weight excluding hydrogens is 227 g/mol. The van der Waals surface area contributed by atoms with Crippen LogP contribution in [0.5, 0.6) is 0 Å². The van der Waals surface area contributed by atoms with E-state index in [1.807, 2.05) is 0 Å². The maximum atomic E-state index is 6.11. The summed E-state index contributed by atoms with van der Waals surface area (Å²) in [5.41, 5.74) is 2.49. The molecule has 0 fully saturated rings. The lowest BCUT2D eigenvalue weighted by Crippen LogP contribution is -2.30. The molecule has 0 aromatic heterocycles. The van der Waals surface area contributed by atoms with E-state index in [9.17, 15) is 0 Å². The zero-order chi connectivity index (χ0) is 11.3. The van der Waals surface area contributed by atoms with E-state index < -0.39 is 0 Å². The Bertz CT molecular complexity index is 303. The molecule has 0 saturated carbocycles. The fourth-order valence-corrected chi connectivity index (χ4v) is 2.78. The van der Waals surface area contributed by atoms with Crippen molar-refractivity contribution in [2.75, 3.05) is 11.8 Å². The van der Waals surface area contributed by atoms with E-state index in [1.54, 1.807) is 0 Å². The van der Waals surface area contributed by atoms with Crippen molar-refractivity contribution in [3.8, 4) is 0 Å². The van der Waals surface area contributed by atoms with Gasteiger partial charge in [-0.05, 0) is 18.9 Å². The van der Waals surface area contributed by atoms with Crippen LogP contribution in [0.1, 0.15) is 30.9 Å². The first-order valence-corrected chi connectivity index (χ1v) is 6.44. The Kier molecular flexibility index (Phi) is 4.95. The van der Waals surface area contributed by atoms with Crippen LogP contribution in [0.3, 0.4) is 0 Å². The fourth-order valence-electron chi connectivity index (χ4n) is 1.92. The minimum Gasteiger partial charge on any atom is -0.126 e. The minimum absolute atomic E-state index is 0.0517. The third kappa shape index (κ3) is 2.89. The third-order valence-corrected chi connectivity index (χ3v) is 3.89. The Morgan fingerprint density at radius 1 is 1.20 bits per heavy atom. The van der Waals surface area contributed by atoms with Gasteiger partial charge in [-0.15, -0.1) is 23.2 Å². The Balaban J connectivity index is 3.07. The van der Waals surface area contributed by atoms with Crippen molar-refractivity contribution in [1.82, 2.24) is 0 Å². The third-order valence-electron chi connectivity index (χ3n) is 2.87. The number of aryl methyl sites for hydroxylation is 1. The molecule has 84 valence electrons. The van der Waals surface area contributed by atoms with Crippen LogP contribution in [-0.2, 0) is 5.41 Å². The largest absolute Gasteiger partial charge is 0.126 e. The maximum Gasteiger partial charge on any atom is 0.0332 e. The van der Waals surface area contributed by atoms with Crippen LogP contribution >= 0.6 is 23.2 Å². The summed E-state index contributed by atoms with van der Waals surface area (Å²) >= 11 is 12.2. The van der Waals surface area contributed by atoms with Crippen LogP contribution in [0.2, 0.25) is 0 Å². The number of rotatable bonds is 5. The average Bonchev–Trinajstić information content (AvgIpc) is 2.26. The van der Waals surface area contributed by atoms with Crippen molar-refractivity contribution >= 4 is 23.2 Å². The average molecular weight is 245 g/mol. The number of halogens is 2. The Morgan fingerprint density at radius 2 is 1.87 bits per heavy atom. The van der Waals surface area contributed by atoms with Crippen LogP contribution in [0.25, 0.3) is 0 Å². The SMILES string of the molecule is CCCC(CCl)(CCl)c1cccc(C)c1. The Hall–Kier alpha value is -0.200. The summed E-state index contributed by atoms with van der Waals surface area (Å²) < 4.78 is 0. The second-order valence-electron chi connectivity index (χ2n) is 4.17. The molecule has 0 unspecified atom stereocenters. The molecule has 0 aliphatic carbocycles. The van der Waals surface area contributed by atoms with Gasteiger partial charge in [0.2, 0.25) is 0 Å². The van der Waals surface area contributed by atoms with E-state index in [1.165, 1.54) is 11.1 Å². The number of hydrogen-bond acceptors (Lipinski definition) is 0. The molecule has 15 heavy (non-hydrogen) atoms. The second kappa shape index (κ2) is 5.77. The molecular formula is C13H18Cl2. The highest BCUT2D eigenvalue weighted by atomic mass is 35.5. The summed E-state index contributed by atoms with van der Waals surface area (Å²) in [5, 5.41) is 0. The number of hydrogen-bond donors (Lipinski definition) is 0. The molecule has 0 radical (unpaired) electrons. The zero-order valence-electron chi connectivity index (χ0n) is 9.39. The van der Waals surface area contributed by atoms with E-state index in [2.05, 4.69) is 38.1 Å². The topological polar surface area (TPSA) is 0 Å². The van der Waals surface area contributed by atoms with Gasteiger partial charge in [0, 0.05) is 17.2 Å². The zero-order valence-corrected chi connectivity index (χ0v) is 10.9. The molecule has 0 atom stereocenters. The van der Waals surface area contributed by atoms with Gasteiger partial charge in [0.25, 0.3) is 0 Å². The summed E-state index contributed by atoms with van der Waals surface area (Å²) in [6.07, 6.45) is 2.15. The van der Waals surface area contributed by atoms with E-state index in [4.69, 9.17) is 23.2 Å². The van der Waals surface area contributed by atoms with Gasteiger partial charge in [0.05, 0.1) is 0 Å². The van der Waals surface area contributed by atoms with Gasteiger partial charge >= 0.3 is 0 Å². The lowest BCUT2D eigenvalue weighted by molar-refractivity contribution is 0.485. The molecule has 0 saturated heterocycles. The van der Waals surface area contributed by atoms with Gasteiger partial charge < -0.3 is 0 Å². The molecule has 0 spiro atoms. The molecule has 0 N–H and O–H groups in total. The van der Waals surface area contributed by atoms with E-state index in [-0.39, 0.29) is 5.41 Å². The molecule has 0 heterocycles. The van der Waals surface area contributed by atoms with Crippen molar-refractivity contribution in [2.45, 2.75) is 32.1 Å². The quantitative estimate of drug-likeness (QED) is 0.669. The molecule has 0 aliphatic rings. The first kappa shape index (κ1) is 12.9. The number of benzene rings is 1. The maximum absolute atomic E-state index is 6.11. The summed E-state index contributed by atoms with van der Waals surface area (Å²) in [6, 6.07) is 8.50. The van der Waals surface area contributed by atoms with E-state index >= 15 is 0 Å². The van der Waals surface area contributed by atoms with Crippen LogP contribution in [0.4, 0.5) is 0 Å². The monoisotopic (exact) mass is 244 g/mol. The van der Waals surface area contributed by atoms with Crippen molar-refractivity contribution < 1.29 is 0 Å². The highest BCUT2D eigenvalue weighted by molar-refractivity contribution is 6.22. The molecule has 1 aromatic rings. The summed E-state index contributed by atoms with van der Waals surface area (Å²) in [6.45, 7) is 4.27. The molecule has 2 heteroatoms. The molecule has 0 amide bonds. The first-order chi connectivity index (χ1) is 7.18. The van der Waals surface area contributed by atoms with Gasteiger partial charge in [-0.25, -0.2) is 0 Å². The number of alkyl halides is 2. The molecule has 0 nitrogen and oxygen atoms in total. The van der Waals surface area contributed by atoms with Gasteiger partial charge in [-0.2, -0.15) is 0 Å². The smallest absolute Gasteiger partial charge is 0.0332 e. The van der Waals surface area contributed by atoms with Crippen molar-refractivity contribution in [3.63, 3.8) is 0 Å². The van der Waals surface area contributed by atoms with Crippen LogP contribution in [-0.4, -0.2) is 11.8 Å². The van der Waals surface area contributed by atoms with Crippen LogP contribution in [0.15, 0.2) is 24.3 Å². The van der Waals surface area contributed by atoms with Crippen molar-refractivity contribution in [3.05, 3.63) is 35.4 Å². The van der Waals surface area contributed by atoms with E-state index in [0.717, 1.165) is 12.8 Å². The van der Waals surface area contributed by atoms with Crippen LogP contribution in [0, 0.1) is 6.92 Å². The standard InChI is InChI=1S/C13H18Cl2/c1-3-7-13(9-14,10-15)12-6-4-5-11(2)8-12/h4-6,8H,3,7,9-10H2,1-2H3. The predicted molar refractivity (Wildman–Crippen MR) is 69.2 cm³/mol. The summed E-state index contributed by atoms with van der Waals surface area (Å²) in [7, 11) is 0. The molecule has 1 rings (SSSR count). The van der Waals surface area contributed by atoms with E-state index in [0.29, 0.717) is 11.8 Å². The van der Waals surface area contributed by atoms with Gasteiger partial charge in [-0.3, -0.25) is 0 Å². The first-order valence-electron chi connectivity index (χ1n) is 5.37. The molecule has 1 aromatic carbocycles. The summed E-state index contributed by atoms with van der Waals surface area (Å²) in [5.74, 6) is 1.18. The highest BCUT2D eigenvalue weighted by Crippen LogP contribution is 2.32. The van der Waals surface area contributed by atoms with Gasteiger partial charge in [0.1, 0.15) is 0 Å². The van der Waals surface area contributed by atoms with Gasteiger partial charge in [0.15, 0.2) is 0 Å².